The summed E-state index contributed by atoms with van der Waals surface area (Å²) in [6.07, 6.45) is 1.68. The van der Waals surface area contributed by atoms with E-state index in [0.717, 1.165) is 56.6 Å². The zero-order valence-corrected chi connectivity index (χ0v) is 15.5. The number of nitrogens with one attached hydrogen (secondary N) is 2. The fourth-order valence-corrected chi connectivity index (χ4v) is 2.77. The van der Waals surface area contributed by atoms with Crippen LogP contribution in [0.2, 0.25) is 0 Å². The van der Waals surface area contributed by atoms with Crippen molar-refractivity contribution in [3.05, 3.63) is 41.8 Å². The molecule has 0 radical (unpaired) electrons. The SMILES string of the molecule is CN=C(NCCN1CCOCC1)NCc1coc(-c2ccc(C)cc2)n1. The Hall–Kier alpha value is -2.38. The highest BCUT2D eigenvalue weighted by atomic mass is 16.5. The summed E-state index contributed by atoms with van der Waals surface area (Å²) in [5.74, 6) is 1.40. The topological polar surface area (TPSA) is 74.9 Å². The molecule has 1 fully saturated rings. The molecule has 0 aliphatic carbocycles. The highest BCUT2D eigenvalue weighted by molar-refractivity contribution is 5.79. The van der Waals surface area contributed by atoms with Crippen molar-refractivity contribution in [3.8, 4) is 11.5 Å². The van der Waals surface area contributed by atoms with Gasteiger partial charge < -0.3 is 19.8 Å². The van der Waals surface area contributed by atoms with Crippen LogP contribution in [0, 0.1) is 6.92 Å². The Morgan fingerprint density at radius 2 is 1.96 bits per heavy atom. The Balaban J connectivity index is 1.44. The number of benzene rings is 1. The molecule has 0 spiro atoms. The number of oxazole rings is 1. The minimum absolute atomic E-state index is 0.562. The van der Waals surface area contributed by atoms with Gasteiger partial charge in [-0.15, -0.1) is 0 Å². The smallest absolute Gasteiger partial charge is 0.226 e. The van der Waals surface area contributed by atoms with Gasteiger partial charge in [-0.25, -0.2) is 4.98 Å². The van der Waals surface area contributed by atoms with E-state index in [4.69, 9.17) is 9.15 Å². The van der Waals surface area contributed by atoms with E-state index >= 15 is 0 Å². The highest BCUT2D eigenvalue weighted by Crippen LogP contribution is 2.18. The minimum Gasteiger partial charge on any atom is -0.444 e. The maximum absolute atomic E-state index is 5.59. The molecule has 0 amide bonds. The summed E-state index contributed by atoms with van der Waals surface area (Å²) in [5, 5.41) is 6.60. The number of morpholine rings is 1. The fourth-order valence-electron chi connectivity index (χ4n) is 2.77. The van der Waals surface area contributed by atoms with Crippen LogP contribution in [0.15, 0.2) is 39.9 Å². The number of rotatable bonds is 6. The molecule has 2 N–H and O–H groups in total. The predicted molar refractivity (Wildman–Crippen MR) is 102 cm³/mol. The molecule has 0 atom stereocenters. The summed E-state index contributed by atoms with van der Waals surface area (Å²) < 4.78 is 10.9. The number of aliphatic imine (C=N–C) groups is 1. The van der Waals surface area contributed by atoms with Crippen LogP contribution in [0.3, 0.4) is 0 Å². The molecule has 7 nitrogen and oxygen atoms in total. The van der Waals surface area contributed by atoms with E-state index in [9.17, 15) is 0 Å². The second-order valence-electron chi connectivity index (χ2n) is 6.32. The first-order valence-electron chi connectivity index (χ1n) is 9.00. The molecule has 1 aliphatic heterocycles. The molecule has 2 heterocycles. The number of aryl methyl sites for hydroxylation is 1. The van der Waals surface area contributed by atoms with Gasteiger partial charge in [0.2, 0.25) is 5.89 Å². The summed E-state index contributed by atoms with van der Waals surface area (Å²) in [6, 6.07) is 8.14. The van der Waals surface area contributed by atoms with Crippen LogP contribution in [-0.2, 0) is 11.3 Å². The van der Waals surface area contributed by atoms with Crippen molar-refractivity contribution < 1.29 is 9.15 Å². The first kappa shape index (κ1) is 18.4. The lowest BCUT2D eigenvalue weighted by atomic mass is 10.1. The van der Waals surface area contributed by atoms with Crippen molar-refractivity contribution in [1.82, 2.24) is 20.5 Å². The Morgan fingerprint density at radius 3 is 2.69 bits per heavy atom. The highest BCUT2D eigenvalue weighted by Gasteiger charge is 2.10. The van der Waals surface area contributed by atoms with Gasteiger partial charge in [-0.05, 0) is 19.1 Å². The van der Waals surface area contributed by atoms with Crippen LogP contribution < -0.4 is 10.6 Å². The van der Waals surface area contributed by atoms with Crippen molar-refractivity contribution >= 4 is 5.96 Å². The Kier molecular flexibility index (Phi) is 6.62. The summed E-state index contributed by atoms with van der Waals surface area (Å²) in [6.45, 7) is 8.07. The van der Waals surface area contributed by atoms with E-state index < -0.39 is 0 Å². The fraction of sp³-hybridized carbons (Fsp3) is 0.474. The number of guanidine groups is 1. The van der Waals surface area contributed by atoms with E-state index in [2.05, 4.69) is 44.6 Å². The second-order valence-corrected chi connectivity index (χ2v) is 6.32. The molecule has 26 heavy (non-hydrogen) atoms. The molecule has 1 saturated heterocycles. The van der Waals surface area contributed by atoms with Gasteiger partial charge in [0.25, 0.3) is 0 Å². The number of aromatic nitrogens is 1. The summed E-state index contributed by atoms with van der Waals surface area (Å²) in [4.78, 5) is 11.2. The summed E-state index contributed by atoms with van der Waals surface area (Å²) in [7, 11) is 1.77. The van der Waals surface area contributed by atoms with Crippen LogP contribution in [0.4, 0.5) is 0 Å². The van der Waals surface area contributed by atoms with Crippen LogP contribution in [-0.4, -0.2) is 62.3 Å². The first-order chi connectivity index (χ1) is 12.7. The molecule has 1 aliphatic rings. The van der Waals surface area contributed by atoms with E-state index in [-0.39, 0.29) is 0 Å². The molecule has 1 aromatic carbocycles. The normalized spacial score (nSPS) is 15.8. The molecule has 3 rings (SSSR count). The standard InChI is InChI=1S/C19H27N5O2/c1-15-3-5-16(6-4-15)18-23-17(14-26-18)13-22-19(20-2)21-7-8-24-9-11-25-12-10-24/h3-6,14H,7-13H2,1-2H3,(H2,20,21,22). The number of nitrogens with zero attached hydrogens (tertiary/aromatic N) is 3. The van der Waals surface area contributed by atoms with Crippen molar-refractivity contribution in [3.63, 3.8) is 0 Å². The molecular weight excluding hydrogens is 330 g/mol. The Bertz CT molecular complexity index is 705. The molecule has 1 aromatic heterocycles. The van der Waals surface area contributed by atoms with E-state index in [1.807, 2.05) is 12.1 Å². The van der Waals surface area contributed by atoms with Crippen LogP contribution >= 0.6 is 0 Å². The minimum atomic E-state index is 0.562. The average molecular weight is 357 g/mol. The maximum Gasteiger partial charge on any atom is 0.226 e. The number of hydrogen-bond acceptors (Lipinski definition) is 5. The Labute approximate surface area is 154 Å². The van der Waals surface area contributed by atoms with Crippen molar-refractivity contribution in [1.29, 1.82) is 0 Å². The number of hydrogen-bond donors (Lipinski definition) is 2. The monoisotopic (exact) mass is 357 g/mol. The lowest BCUT2D eigenvalue weighted by molar-refractivity contribution is 0.0389. The third kappa shape index (κ3) is 5.31. The lowest BCUT2D eigenvalue weighted by Gasteiger charge is -2.26. The zero-order chi connectivity index (χ0) is 18.2. The van der Waals surface area contributed by atoms with Crippen LogP contribution in [0.5, 0.6) is 0 Å². The predicted octanol–water partition coefficient (Wildman–Crippen LogP) is 1.65. The van der Waals surface area contributed by atoms with Gasteiger partial charge in [0.15, 0.2) is 5.96 Å². The quantitative estimate of drug-likeness (QED) is 0.605. The van der Waals surface area contributed by atoms with E-state index in [0.29, 0.717) is 12.4 Å². The van der Waals surface area contributed by atoms with Crippen LogP contribution in [0.25, 0.3) is 11.5 Å². The third-order valence-electron chi connectivity index (χ3n) is 4.34. The second kappa shape index (κ2) is 9.35. The summed E-state index contributed by atoms with van der Waals surface area (Å²) in [5.41, 5.74) is 3.04. The first-order valence-corrected chi connectivity index (χ1v) is 9.00. The molecule has 7 heteroatoms. The van der Waals surface area contributed by atoms with Gasteiger partial charge in [0.1, 0.15) is 6.26 Å². The van der Waals surface area contributed by atoms with Gasteiger partial charge in [0.05, 0.1) is 25.5 Å². The Morgan fingerprint density at radius 1 is 1.19 bits per heavy atom. The van der Waals surface area contributed by atoms with E-state index in [1.54, 1.807) is 13.3 Å². The van der Waals surface area contributed by atoms with Gasteiger partial charge in [0, 0.05) is 38.8 Å². The number of ether oxygens (including phenoxy) is 1. The van der Waals surface area contributed by atoms with E-state index in [1.165, 1.54) is 5.56 Å². The maximum atomic E-state index is 5.59. The van der Waals surface area contributed by atoms with Crippen LogP contribution in [0.1, 0.15) is 11.3 Å². The largest absolute Gasteiger partial charge is 0.444 e. The van der Waals surface area contributed by atoms with Crippen molar-refractivity contribution in [2.75, 3.05) is 46.4 Å². The van der Waals surface area contributed by atoms with Gasteiger partial charge in [-0.3, -0.25) is 9.89 Å². The molecule has 0 bridgehead atoms. The summed E-state index contributed by atoms with van der Waals surface area (Å²) >= 11 is 0. The molecule has 0 saturated carbocycles. The van der Waals surface area contributed by atoms with Gasteiger partial charge in [-0.1, -0.05) is 17.7 Å². The molecule has 2 aromatic rings. The molecular formula is C19H27N5O2. The zero-order valence-electron chi connectivity index (χ0n) is 15.5. The third-order valence-corrected chi connectivity index (χ3v) is 4.34. The average Bonchev–Trinajstić information content (AvgIpc) is 3.15. The lowest BCUT2D eigenvalue weighted by Crippen LogP contribution is -2.44. The van der Waals surface area contributed by atoms with Crippen molar-refractivity contribution in [2.24, 2.45) is 4.99 Å². The van der Waals surface area contributed by atoms with Crippen molar-refractivity contribution in [2.45, 2.75) is 13.5 Å². The van der Waals surface area contributed by atoms with Gasteiger partial charge >= 0.3 is 0 Å². The molecule has 0 unspecified atom stereocenters. The molecule has 140 valence electrons. The van der Waals surface area contributed by atoms with Gasteiger partial charge in [-0.2, -0.15) is 0 Å².